The topological polar surface area (TPSA) is 81.7 Å². The zero-order valence-electron chi connectivity index (χ0n) is 13.3. The monoisotopic (exact) mass is 413 g/mol. The molecule has 0 radical (unpaired) electrons. The van der Waals surface area contributed by atoms with Crippen LogP contribution in [0.3, 0.4) is 0 Å². The molecule has 6 nitrogen and oxygen atoms in total. The number of rotatable bonds is 5. The number of nitrogens with one attached hydrogen (secondary N) is 1. The van der Waals surface area contributed by atoms with Crippen LogP contribution in [-0.4, -0.2) is 34.8 Å². The highest BCUT2D eigenvalue weighted by Gasteiger charge is 2.15. The van der Waals surface area contributed by atoms with Gasteiger partial charge in [0.1, 0.15) is 16.0 Å². The Hall–Kier alpha value is -2.06. The zero-order chi connectivity index (χ0) is 17.9. The minimum absolute atomic E-state index is 0.187. The number of methoxy groups -OCH3 is 2. The normalized spacial score (nSPS) is 11.0. The maximum absolute atomic E-state index is 12.4. The van der Waals surface area contributed by atoms with Crippen molar-refractivity contribution in [3.8, 4) is 11.5 Å². The van der Waals surface area contributed by atoms with Crippen molar-refractivity contribution in [2.24, 2.45) is 0 Å². The third kappa shape index (κ3) is 4.07. The minimum Gasteiger partial charge on any atom is -0.495 e. The van der Waals surface area contributed by atoms with Crippen LogP contribution >= 0.6 is 15.9 Å². The van der Waals surface area contributed by atoms with E-state index in [0.717, 1.165) is 6.26 Å². The molecule has 0 saturated carbocycles. The van der Waals surface area contributed by atoms with E-state index in [1.54, 1.807) is 12.1 Å². The van der Waals surface area contributed by atoms with Gasteiger partial charge >= 0.3 is 0 Å². The van der Waals surface area contributed by atoms with Gasteiger partial charge in [-0.25, -0.2) is 8.42 Å². The minimum atomic E-state index is -3.27. The summed E-state index contributed by atoms with van der Waals surface area (Å²) in [4.78, 5) is 12.6. The molecular weight excluding hydrogens is 398 g/mol. The predicted molar refractivity (Wildman–Crippen MR) is 94.8 cm³/mol. The SMILES string of the molecule is COc1cc(C(=O)Nc2ccc(S(C)(=O)=O)cc2)cc(OC)c1Br. The molecule has 0 spiro atoms. The van der Waals surface area contributed by atoms with Crippen LogP contribution in [0.25, 0.3) is 0 Å². The van der Waals surface area contributed by atoms with Crippen LogP contribution in [0.5, 0.6) is 11.5 Å². The highest BCUT2D eigenvalue weighted by molar-refractivity contribution is 9.10. The fraction of sp³-hybridized carbons (Fsp3) is 0.188. The summed E-state index contributed by atoms with van der Waals surface area (Å²) < 4.78 is 33.9. The van der Waals surface area contributed by atoms with Gasteiger partial charge in [0.15, 0.2) is 9.84 Å². The van der Waals surface area contributed by atoms with Gasteiger partial charge in [0.2, 0.25) is 0 Å². The summed E-state index contributed by atoms with van der Waals surface area (Å²) in [5.41, 5.74) is 0.826. The van der Waals surface area contributed by atoms with Gasteiger partial charge in [0.25, 0.3) is 5.91 Å². The van der Waals surface area contributed by atoms with Crippen LogP contribution in [0.4, 0.5) is 5.69 Å². The van der Waals surface area contributed by atoms with Gasteiger partial charge in [-0.15, -0.1) is 0 Å². The molecule has 0 bridgehead atoms. The van der Waals surface area contributed by atoms with Crippen LogP contribution in [0.15, 0.2) is 45.8 Å². The lowest BCUT2D eigenvalue weighted by molar-refractivity contribution is 0.102. The first-order chi connectivity index (χ1) is 11.3. The zero-order valence-corrected chi connectivity index (χ0v) is 15.7. The van der Waals surface area contributed by atoms with Crippen LogP contribution in [0.2, 0.25) is 0 Å². The molecule has 0 aliphatic carbocycles. The second-order valence-electron chi connectivity index (χ2n) is 4.95. The van der Waals surface area contributed by atoms with Gasteiger partial charge in [-0.05, 0) is 52.3 Å². The molecule has 0 aromatic heterocycles. The number of sulfone groups is 1. The van der Waals surface area contributed by atoms with Gasteiger partial charge < -0.3 is 14.8 Å². The predicted octanol–water partition coefficient (Wildman–Crippen LogP) is 3.12. The van der Waals surface area contributed by atoms with Crippen molar-refractivity contribution in [3.63, 3.8) is 0 Å². The molecule has 8 heteroatoms. The third-order valence-electron chi connectivity index (χ3n) is 3.25. The van der Waals surface area contributed by atoms with Crippen LogP contribution in [0.1, 0.15) is 10.4 Å². The van der Waals surface area contributed by atoms with Gasteiger partial charge in [-0.1, -0.05) is 0 Å². The number of hydrogen-bond donors (Lipinski definition) is 1. The molecule has 0 aliphatic rings. The molecule has 1 N–H and O–H groups in total. The molecular formula is C16H16BrNO5S. The lowest BCUT2D eigenvalue weighted by Gasteiger charge is -2.12. The first kappa shape index (κ1) is 18.3. The Labute approximate surface area is 148 Å². The van der Waals surface area contributed by atoms with E-state index < -0.39 is 9.84 Å². The number of hydrogen-bond acceptors (Lipinski definition) is 5. The Morgan fingerprint density at radius 2 is 1.54 bits per heavy atom. The number of carbonyl (C=O) groups is 1. The van der Waals surface area contributed by atoms with E-state index >= 15 is 0 Å². The van der Waals surface area contributed by atoms with Crippen molar-refractivity contribution in [2.75, 3.05) is 25.8 Å². The van der Waals surface area contributed by atoms with Crippen molar-refractivity contribution >= 4 is 37.4 Å². The van der Waals surface area contributed by atoms with Gasteiger partial charge in [-0.3, -0.25) is 4.79 Å². The second kappa shape index (κ2) is 7.23. The Morgan fingerprint density at radius 3 is 1.96 bits per heavy atom. The molecule has 24 heavy (non-hydrogen) atoms. The Bertz CT molecular complexity index is 838. The quantitative estimate of drug-likeness (QED) is 0.813. The van der Waals surface area contributed by atoms with Crippen molar-refractivity contribution < 1.29 is 22.7 Å². The molecule has 2 aromatic carbocycles. The van der Waals surface area contributed by atoms with Crippen molar-refractivity contribution in [3.05, 3.63) is 46.4 Å². The number of anilines is 1. The summed E-state index contributed by atoms with van der Waals surface area (Å²) in [6.45, 7) is 0. The van der Waals surface area contributed by atoms with E-state index in [1.165, 1.54) is 38.5 Å². The van der Waals surface area contributed by atoms with Crippen LogP contribution in [0, 0.1) is 0 Å². The Balaban J connectivity index is 2.27. The average Bonchev–Trinajstić information content (AvgIpc) is 2.54. The number of amides is 1. The lowest BCUT2D eigenvalue weighted by atomic mass is 10.1. The number of carbonyl (C=O) groups excluding carboxylic acids is 1. The van der Waals surface area contributed by atoms with E-state index in [9.17, 15) is 13.2 Å². The molecule has 2 aromatic rings. The first-order valence-electron chi connectivity index (χ1n) is 6.79. The maximum Gasteiger partial charge on any atom is 0.255 e. The smallest absolute Gasteiger partial charge is 0.255 e. The van der Waals surface area contributed by atoms with Gasteiger partial charge in [-0.2, -0.15) is 0 Å². The number of benzene rings is 2. The molecule has 0 fully saturated rings. The highest BCUT2D eigenvalue weighted by Crippen LogP contribution is 2.35. The molecule has 0 aliphatic heterocycles. The van der Waals surface area contributed by atoms with Gasteiger partial charge in [0, 0.05) is 17.5 Å². The van der Waals surface area contributed by atoms with E-state index in [1.807, 2.05) is 0 Å². The van der Waals surface area contributed by atoms with Crippen molar-refractivity contribution in [1.29, 1.82) is 0 Å². The van der Waals surface area contributed by atoms with E-state index in [0.29, 0.717) is 27.2 Å². The molecule has 0 saturated heterocycles. The van der Waals surface area contributed by atoms with Crippen LogP contribution in [-0.2, 0) is 9.84 Å². The summed E-state index contributed by atoms with van der Waals surface area (Å²) in [5, 5.41) is 2.70. The van der Waals surface area contributed by atoms with Crippen molar-refractivity contribution in [1.82, 2.24) is 0 Å². The Morgan fingerprint density at radius 1 is 1.04 bits per heavy atom. The lowest BCUT2D eigenvalue weighted by Crippen LogP contribution is -2.12. The van der Waals surface area contributed by atoms with E-state index in [2.05, 4.69) is 21.2 Å². The highest BCUT2D eigenvalue weighted by atomic mass is 79.9. The standard InChI is InChI=1S/C16H16BrNO5S/c1-22-13-8-10(9-14(23-2)15(13)17)16(19)18-11-4-6-12(7-5-11)24(3,20)21/h4-9H,1-3H3,(H,18,19). The molecule has 1 amide bonds. The fourth-order valence-electron chi connectivity index (χ4n) is 1.99. The molecule has 0 unspecified atom stereocenters. The molecule has 0 atom stereocenters. The number of halogens is 1. The summed E-state index contributed by atoms with van der Waals surface area (Å²) in [5.74, 6) is 0.560. The summed E-state index contributed by atoms with van der Waals surface area (Å²) in [6, 6.07) is 9.09. The first-order valence-corrected chi connectivity index (χ1v) is 9.47. The largest absolute Gasteiger partial charge is 0.495 e. The van der Waals surface area contributed by atoms with E-state index in [-0.39, 0.29) is 10.8 Å². The molecule has 0 heterocycles. The summed E-state index contributed by atoms with van der Waals surface area (Å²) in [7, 11) is -0.292. The fourth-order valence-corrected chi connectivity index (χ4v) is 3.17. The van der Waals surface area contributed by atoms with Gasteiger partial charge in [0.05, 0.1) is 19.1 Å². The Kier molecular flexibility index (Phi) is 5.51. The third-order valence-corrected chi connectivity index (χ3v) is 5.16. The molecule has 128 valence electrons. The molecule has 2 rings (SSSR count). The van der Waals surface area contributed by atoms with E-state index in [4.69, 9.17) is 9.47 Å². The maximum atomic E-state index is 12.4. The summed E-state index contributed by atoms with van der Waals surface area (Å²) in [6.07, 6.45) is 1.13. The van der Waals surface area contributed by atoms with Crippen molar-refractivity contribution in [2.45, 2.75) is 4.90 Å². The second-order valence-corrected chi connectivity index (χ2v) is 7.75. The van der Waals surface area contributed by atoms with Crippen LogP contribution < -0.4 is 14.8 Å². The average molecular weight is 414 g/mol. The number of ether oxygens (including phenoxy) is 2. The summed E-state index contributed by atoms with van der Waals surface area (Å²) >= 11 is 3.34.